The fourth-order valence-corrected chi connectivity index (χ4v) is 4.30. The second-order valence-corrected chi connectivity index (χ2v) is 8.23. The van der Waals surface area contributed by atoms with E-state index in [0.717, 1.165) is 12.1 Å². The highest BCUT2D eigenvalue weighted by Crippen LogP contribution is 2.47. The third kappa shape index (κ3) is 3.76. The van der Waals surface area contributed by atoms with Gasteiger partial charge in [-0.15, -0.1) is 0 Å². The third-order valence-corrected chi connectivity index (χ3v) is 5.93. The number of hydrogen-bond donors (Lipinski definition) is 4. The molecule has 0 unspecified atom stereocenters. The Morgan fingerprint density at radius 1 is 1.00 bits per heavy atom. The lowest BCUT2D eigenvalue weighted by molar-refractivity contribution is -0.135. The Hall–Kier alpha value is -4.92. The van der Waals surface area contributed by atoms with Gasteiger partial charge in [0.05, 0.1) is 6.42 Å². The highest BCUT2D eigenvalue weighted by Gasteiger charge is 2.34. The normalized spacial score (nSPS) is 14.8. The van der Waals surface area contributed by atoms with Crippen molar-refractivity contribution in [3.63, 3.8) is 0 Å². The first-order valence-corrected chi connectivity index (χ1v) is 10.9. The molecule has 0 bridgehead atoms. The molecule has 4 aromatic rings. The van der Waals surface area contributed by atoms with E-state index in [2.05, 4.69) is 6.58 Å². The number of phenols is 3. The third-order valence-electron chi connectivity index (χ3n) is 5.93. The van der Waals surface area contributed by atoms with E-state index in [1.54, 1.807) is 30.3 Å². The molecule has 0 amide bonds. The topological polar surface area (TPSA) is 147 Å². The first-order chi connectivity index (χ1) is 17.3. The largest absolute Gasteiger partial charge is 0.507 e. The molecule has 36 heavy (non-hydrogen) atoms. The van der Waals surface area contributed by atoms with E-state index in [0.29, 0.717) is 16.9 Å². The molecule has 1 atom stereocenters. The number of ether oxygens (including phenoxy) is 2. The molecule has 0 spiro atoms. The monoisotopic (exact) mass is 488 g/mol. The number of aromatic hydroxyl groups is 4. The number of esters is 1. The van der Waals surface area contributed by atoms with Crippen molar-refractivity contribution in [3.05, 3.63) is 82.5 Å². The minimum Gasteiger partial charge on any atom is -0.507 e. The maximum atomic E-state index is 13.1. The van der Waals surface area contributed by atoms with Crippen LogP contribution in [0, 0.1) is 0 Å². The molecule has 9 nitrogen and oxygen atoms in total. The minimum absolute atomic E-state index is 0.00649. The van der Waals surface area contributed by atoms with Crippen molar-refractivity contribution in [3.8, 4) is 45.8 Å². The molecule has 1 aliphatic heterocycles. The van der Waals surface area contributed by atoms with Gasteiger partial charge in [0.2, 0.25) is 11.2 Å². The molecule has 182 valence electrons. The molecular formula is C27H20O9. The summed E-state index contributed by atoms with van der Waals surface area (Å²) < 4.78 is 17.0. The van der Waals surface area contributed by atoms with Crippen LogP contribution in [0.4, 0.5) is 0 Å². The van der Waals surface area contributed by atoms with Crippen LogP contribution in [0.5, 0.6) is 34.5 Å². The van der Waals surface area contributed by atoms with E-state index < -0.39 is 40.3 Å². The Kier molecular flexibility index (Phi) is 5.52. The number of hydrogen-bond acceptors (Lipinski definition) is 9. The Morgan fingerprint density at radius 3 is 2.56 bits per heavy atom. The van der Waals surface area contributed by atoms with Gasteiger partial charge >= 0.3 is 5.97 Å². The Balaban J connectivity index is 1.79. The van der Waals surface area contributed by atoms with Gasteiger partial charge < -0.3 is 34.3 Å². The molecule has 3 aromatic carbocycles. The highest BCUT2D eigenvalue weighted by atomic mass is 16.5. The molecule has 0 fully saturated rings. The van der Waals surface area contributed by atoms with Crippen LogP contribution in [0.15, 0.2) is 70.4 Å². The summed E-state index contributed by atoms with van der Waals surface area (Å²) in [4.78, 5) is 25.6. The van der Waals surface area contributed by atoms with Crippen LogP contribution in [0.25, 0.3) is 22.3 Å². The molecule has 0 radical (unpaired) electrons. The second kappa shape index (κ2) is 8.70. The number of fused-ring (bicyclic) bond motifs is 3. The van der Waals surface area contributed by atoms with Gasteiger partial charge in [-0.05, 0) is 35.9 Å². The lowest BCUT2D eigenvalue weighted by Crippen LogP contribution is -2.22. The summed E-state index contributed by atoms with van der Waals surface area (Å²) >= 11 is 0. The fourth-order valence-electron chi connectivity index (χ4n) is 4.30. The zero-order chi connectivity index (χ0) is 25.6. The fraction of sp³-hybridized carbons (Fsp3) is 0.111. The molecule has 0 saturated carbocycles. The molecule has 5 rings (SSSR count). The van der Waals surface area contributed by atoms with Crippen molar-refractivity contribution in [1.29, 1.82) is 0 Å². The summed E-state index contributed by atoms with van der Waals surface area (Å²) in [7, 11) is 0. The molecular weight excluding hydrogens is 468 g/mol. The number of carbonyl (C=O) groups excluding carboxylic acids is 1. The smallest absolute Gasteiger partial charge is 0.312 e. The standard InChI is InChI=1S/C27H20O9/c1-2-8-34-15-5-3-4-13(9-15)16-11-21(31)35-20-12-19(30)23-24(32)25(33)26(36-27(23)22(16)20)14-6-7-17(28)18(29)10-14/h2-7,9-10,12,16,28-30,33H,1,8,11H2/t16-/m0/s1. The SMILES string of the molecule is C=CCOc1cccc([C@@H]2CC(=O)Oc3cc(O)c4c(=O)c(O)c(-c5ccc(O)c(O)c5)oc4c32)c1. The zero-order valence-electron chi connectivity index (χ0n) is 18.7. The van der Waals surface area contributed by atoms with E-state index >= 15 is 0 Å². The molecule has 0 saturated heterocycles. The van der Waals surface area contributed by atoms with E-state index in [1.165, 1.54) is 12.1 Å². The van der Waals surface area contributed by atoms with Crippen molar-refractivity contribution >= 4 is 16.9 Å². The average molecular weight is 488 g/mol. The molecule has 0 aliphatic carbocycles. The van der Waals surface area contributed by atoms with Crippen molar-refractivity contribution in [1.82, 2.24) is 0 Å². The highest BCUT2D eigenvalue weighted by molar-refractivity contribution is 5.94. The van der Waals surface area contributed by atoms with Gasteiger partial charge in [0.1, 0.15) is 34.8 Å². The summed E-state index contributed by atoms with van der Waals surface area (Å²) in [6.45, 7) is 3.91. The average Bonchev–Trinajstić information content (AvgIpc) is 2.85. The minimum atomic E-state index is -0.919. The Bertz CT molecular complexity index is 1600. The van der Waals surface area contributed by atoms with Gasteiger partial charge in [0.15, 0.2) is 17.3 Å². The van der Waals surface area contributed by atoms with E-state index in [-0.39, 0.29) is 41.1 Å². The Morgan fingerprint density at radius 2 is 1.81 bits per heavy atom. The summed E-state index contributed by atoms with van der Waals surface area (Å²) in [5.41, 5.74) is 0.0804. The van der Waals surface area contributed by atoms with Crippen LogP contribution in [0.3, 0.4) is 0 Å². The number of phenolic OH excluding ortho intramolecular Hbond substituents is 3. The van der Waals surface area contributed by atoms with Crippen molar-refractivity contribution < 1.29 is 39.1 Å². The summed E-state index contributed by atoms with van der Waals surface area (Å²) in [6.07, 6.45) is 1.51. The predicted molar refractivity (Wildman–Crippen MR) is 129 cm³/mol. The first-order valence-electron chi connectivity index (χ1n) is 10.9. The summed E-state index contributed by atoms with van der Waals surface area (Å²) in [6, 6.07) is 11.8. The second-order valence-electron chi connectivity index (χ2n) is 8.23. The maximum Gasteiger partial charge on any atom is 0.312 e. The van der Waals surface area contributed by atoms with Gasteiger partial charge in [0.25, 0.3) is 0 Å². The number of rotatable bonds is 5. The van der Waals surface area contributed by atoms with E-state index in [9.17, 15) is 30.0 Å². The van der Waals surface area contributed by atoms with Gasteiger partial charge in [0, 0.05) is 23.1 Å². The van der Waals surface area contributed by atoms with Crippen molar-refractivity contribution in [2.75, 3.05) is 6.61 Å². The van der Waals surface area contributed by atoms with Gasteiger partial charge in [-0.2, -0.15) is 0 Å². The summed E-state index contributed by atoms with van der Waals surface area (Å²) in [5, 5.41) is 40.5. The van der Waals surface area contributed by atoms with Crippen LogP contribution in [-0.4, -0.2) is 33.0 Å². The van der Waals surface area contributed by atoms with Gasteiger partial charge in [-0.25, -0.2) is 0 Å². The van der Waals surface area contributed by atoms with Crippen molar-refractivity contribution in [2.45, 2.75) is 12.3 Å². The molecule has 1 aliphatic rings. The predicted octanol–water partition coefficient (Wildman–Crippen LogP) is 4.29. The van der Waals surface area contributed by atoms with E-state index in [4.69, 9.17) is 13.9 Å². The number of carbonyl (C=O) groups is 1. The lowest BCUT2D eigenvalue weighted by atomic mass is 9.85. The molecule has 1 aromatic heterocycles. The summed E-state index contributed by atoms with van der Waals surface area (Å²) in [5.74, 6) is -3.16. The van der Waals surface area contributed by atoms with Crippen LogP contribution >= 0.6 is 0 Å². The van der Waals surface area contributed by atoms with Crippen LogP contribution in [0.2, 0.25) is 0 Å². The van der Waals surface area contributed by atoms with Crippen LogP contribution in [0.1, 0.15) is 23.5 Å². The van der Waals surface area contributed by atoms with Crippen LogP contribution in [-0.2, 0) is 4.79 Å². The zero-order valence-corrected chi connectivity index (χ0v) is 18.7. The van der Waals surface area contributed by atoms with Gasteiger partial charge in [-0.3, -0.25) is 9.59 Å². The quantitative estimate of drug-likeness (QED) is 0.140. The first kappa shape index (κ1) is 22.9. The van der Waals surface area contributed by atoms with E-state index in [1.807, 2.05) is 0 Å². The number of benzene rings is 3. The lowest BCUT2D eigenvalue weighted by Gasteiger charge is -2.26. The van der Waals surface area contributed by atoms with Gasteiger partial charge in [-0.1, -0.05) is 24.8 Å². The molecule has 4 N–H and O–H groups in total. The van der Waals surface area contributed by atoms with Crippen LogP contribution < -0.4 is 14.9 Å². The molecule has 9 heteroatoms. The van der Waals surface area contributed by atoms with Crippen molar-refractivity contribution in [2.24, 2.45) is 0 Å². The molecule has 2 heterocycles. The Labute approximate surface area is 203 Å². The maximum absolute atomic E-state index is 13.1.